The van der Waals surface area contributed by atoms with Crippen LogP contribution in [-0.2, 0) is 9.53 Å². The molecule has 1 aromatic carbocycles. The van der Waals surface area contributed by atoms with Crippen molar-refractivity contribution in [2.24, 2.45) is 5.73 Å². The van der Waals surface area contributed by atoms with Crippen LogP contribution in [-0.4, -0.2) is 36.8 Å². The molecule has 0 aliphatic rings. The molecule has 10 heteroatoms. The minimum Gasteiger partial charge on any atom is -0.448 e. The van der Waals surface area contributed by atoms with Gasteiger partial charge in [0, 0.05) is 23.5 Å². The lowest BCUT2D eigenvalue weighted by molar-refractivity contribution is -0.149. The van der Waals surface area contributed by atoms with E-state index >= 15 is 0 Å². The van der Waals surface area contributed by atoms with Crippen LogP contribution in [0.1, 0.15) is 30.1 Å². The molecule has 2 unspecified atom stereocenters. The van der Waals surface area contributed by atoms with E-state index in [0.717, 1.165) is 5.69 Å². The molecule has 0 aliphatic heterocycles. The Morgan fingerprint density at radius 3 is 2.73 bits per heavy atom. The Morgan fingerprint density at radius 2 is 2.07 bits per heavy atom. The van der Waals surface area contributed by atoms with Gasteiger partial charge < -0.3 is 15.8 Å². The van der Waals surface area contributed by atoms with E-state index in [4.69, 9.17) is 10.5 Å². The molecule has 0 spiro atoms. The molecule has 0 bridgehead atoms. The number of esters is 1. The highest BCUT2D eigenvalue weighted by atomic mass is 19.1. The van der Waals surface area contributed by atoms with E-state index in [1.165, 1.54) is 31.2 Å². The zero-order chi connectivity index (χ0) is 21.3. The van der Waals surface area contributed by atoms with Gasteiger partial charge >= 0.3 is 5.97 Å². The second-order valence-electron chi connectivity index (χ2n) is 6.87. The number of nitrogens with two attached hydrogens (primary N) is 1. The molecule has 30 heavy (non-hydrogen) atoms. The summed E-state index contributed by atoms with van der Waals surface area (Å²) in [6.45, 7) is 3.40. The van der Waals surface area contributed by atoms with Gasteiger partial charge in [-0.2, -0.15) is 5.10 Å². The fraction of sp³-hybridized carbons (Fsp3) is 0.200. The van der Waals surface area contributed by atoms with Crippen LogP contribution in [0.25, 0.3) is 5.52 Å². The Labute approximate surface area is 171 Å². The van der Waals surface area contributed by atoms with Crippen LogP contribution in [0.15, 0.2) is 48.7 Å². The van der Waals surface area contributed by atoms with Crippen LogP contribution in [0.2, 0.25) is 0 Å². The molecule has 2 atom stereocenters. The lowest BCUT2D eigenvalue weighted by atomic mass is 10.1. The predicted octanol–water partition coefficient (Wildman–Crippen LogP) is 2.62. The van der Waals surface area contributed by atoms with Crippen LogP contribution in [0.3, 0.4) is 0 Å². The van der Waals surface area contributed by atoms with Gasteiger partial charge in [-0.3, -0.25) is 9.89 Å². The molecule has 0 fully saturated rings. The summed E-state index contributed by atoms with van der Waals surface area (Å²) in [5.41, 5.74) is 7.77. The van der Waals surface area contributed by atoms with Gasteiger partial charge in [0.1, 0.15) is 17.4 Å². The average Bonchev–Trinajstić information content (AvgIpc) is 3.35. The number of H-pyrrole nitrogens is 1. The van der Waals surface area contributed by atoms with Crippen molar-refractivity contribution in [3.63, 3.8) is 0 Å². The van der Waals surface area contributed by atoms with Crippen LogP contribution >= 0.6 is 0 Å². The number of carbonyl (C=O) groups excluding carboxylic acids is 1. The number of fused-ring (bicyclic) bond motifs is 1. The third-order valence-corrected chi connectivity index (χ3v) is 4.37. The molecular formula is C20H20FN7O2. The van der Waals surface area contributed by atoms with Crippen LogP contribution in [0, 0.1) is 12.7 Å². The number of rotatable bonds is 6. The van der Waals surface area contributed by atoms with Gasteiger partial charge in [-0.25, -0.2) is 13.9 Å². The third kappa shape index (κ3) is 3.98. The monoisotopic (exact) mass is 409 g/mol. The number of nitrogens with one attached hydrogen (secondary N) is 2. The van der Waals surface area contributed by atoms with Gasteiger partial charge in [-0.1, -0.05) is 12.1 Å². The smallest absolute Gasteiger partial charge is 0.323 e. The first-order valence-electron chi connectivity index (χ1n) is 9.26. The second kappa shape index (κ2) is 7.91. The summed E-state index contributed by atoms with van der Waals surface area (Å²) in [6, 6.07) is 10.2. The van der Waals surface area contributed by atoms with E-state index in [0.29, 0.717) is 22.7 Å². The molecule has 0 aliphatic carbocycles. The Hall–Kier alpha value is -3.79. The summed E-state index contributed by atoms with van der Waals surface area (Å²) in [4.78, 5) is 16.8. The molecule has 0 amide bonds. The minimum absolute atomic E-state index is 0.203. The molecule has 3 heterocycles. The van der Waals surface area contributed by atoms with E-state index in [1.54, 1.807) is 10.7 Å². The molecule has 0 saturated carbocycles. The third-order valence-electron chi connectivity index (χ3n) is 4.37. The molecule has 4 N–H and O–H groups in total. The molecule has 154 valence electrons. The maximum Gasteiger partial charge on any atom is 0.323 e. The number of halogens is 1. The summed E-state index contributed by atoms with van der Waals surface area (Å²) in [7, 11) is 0. The van der Waals surface area contributed by atoms with Crippen molar-refractivity contribution < 1.29 is 13.9 Å². The first kappa shape index (κ1) is 19.5. The molecule has 9 nitrogen and oxygen atoms in total. The molecule has 0 radical (unpaired) electrons. The molecule has 3 aromatic heterocycles. The summed E-state index contributed by atoms with van der Waals surface area (Å²) in [5.74, 6) is 0.215. The van der Waals surface area contributed by atoms with Gasteiger partial charge in [-0.05, 0) is 38.1 Å². The van der Waals surface area contributed by atoms with Crippen molar-refractivity contribution in [3.8, 4) is 0 Å². The van der Waals surface area contributed by atoms with Gasteiger partial charge in [-0.15, -0.1) is 5.10 Å². The predicted molar refractivity (Wildman–Crippen MR) is 108 cm³/mol. The molecule has 4 aromatic rings. The number of aromatic nitrogens is 5. The number of hydrogen-bond acceptors (Lipinski definition) is 7. The average molecular weight is 409 g/mol. The lowest BCUT2D eigenvalue weighted by Crippen LogP contribution is -2.31. The Morgan fingerprint density at radius 1 is 1.30 bits per heavy atom. The largest absolute Gasteiger partial charge is 0.448 e. The number of aromatic amines is 1. The summed E-state index contributed by atoms with van der Waals surface area (Å²) in [5, 5.41) is 14.6. The van der Waals surface area contributed by atoms with Gasteiger partial charge in [0.2, 0.25) is 0 Å². The summed E-state index contributed by atoms with van der Waals surface area (Å²) < 4.78 is 20.6. The summed E-state index contributed by atoms with van der Waals surface area (Å²) in [6.07, 6.45) is 0.772. The summed E-state index contributed by atoms with van der Waals surface area (Å²) >= 11 is 0. The zero-order valence-electron chi connectivity index (χ0n) is 16.3. The highest BCUT2D eigenvalue weighted by molar-refractivity contribution is 5.75. The van der Waals surface area contributed by atoms with E-state index in [2.05, 4.69) is 25.6 Å². The molecular weight excluding hydrogens is 389 g/mol. The normalized spacial score (nSPS) is 13.2. The topological polar surface area (TPSA) is 123 Å². The minimum atomic E-state index is -0.975. The number of nitrogens with zero attached hydrogens (tertiary/aromatic N) is 4. The fourth-order valence-electron chi connectivity index (χ4n) is 2.89. The molecule has 4 rings (SSSR count). The number of ether oxygens (including phenoxy) is 1. The first-order valence-corrected chi connectivity index (χ1v) is 9.26. The quantitative estimate of drug-likeness (QED) is 0.418. The maximum atomic E-state index is 13.4. The maximum absolute atomic E-state index is 13.4. The van der Waals surface area contributed by atoms with Crippen molar-refractivity contribution in [1.29, 1.82) is 0 Å². The van der Waals surface area contributed by atoms with Crippen LogP contribution < -0.4 is 11.1 Å². The molecule has 0 saturated heterocycles. The number of carbonyl (C=O) groups is 1. The van der Waals surface area contributed by atoms with Gasteiger partial charge in [0.25, 0.3) is 0 Å². The van der Waals surface area contributed by atoms with E-state index in [-0.39, 0.29) is 5.82 Å². The van der Waals surface area contributed by atoms with E-state index in [9.17, 15) is 9.18 Å². The van der Waals surface area contributed by atoms with E-state index < -0.39 is 23.9 Å². The number of aryl methyl sites for hydroxylation is 1. The Balaban J connectivity index is 1.80. The Bertz CT molecular complexity index is 1180. The van der Waals surface area contributed by atoms with Crippen molar-refractivity contribution in [1.82, 2.24) is 24.8 Å². The van der Waals surface area contributed by atoms with Crippen molar-refractivity contribution in [2.45, 2.75) is 26.0 Å². The van der Waals surface area contributed by atoms with Crippen LogP contribution in [0.4, 0.5) is 16.0 Å². The van der Waals surface area contributed by atoms with Crippen molar-refractivity contribution in [2.75, 3.05) is 5.32 Å². The first-order chi connectivity index (χ1) is 14.4. The second-order valence-corrected chi connectivity index (χ2v) is 6.87. The van der Waals surface area contributed by atoms with Gasteiger partial charge in [0.05, 0.1) is 0 Å². The van der Waals surface area contributed by atoms with E-state index in [1.807, 2.05) is 25.1 Å². The zero-order valence-corrected chi connectivity index (χ0v) is 16.3. The van der Waals surface area contributed by atoms with Crippen molar-refractivity contribution >= 4 is 23.1 Å². The standard InChI is InChI=1S/C20H20FN7O2/c1-11-10-16(26-25-11)23-18-15-4-3-9-28(15)27-19(24-18)17(30-20(29)12(2)22)13-5-7-14(21)8-6-13/h3-10,12,17H,22H2,1-2H3,(H2,23,24,25,26,27). The fourth-order valence-corrected chi connectivity index (χ4v) is 2.89. The lowest BCUT2D eigenvalue weighted by Gasteiger charge is -2.19. The van der Waals surface area contributed by atoms with Gasteiger partial charge in [0.15, 0.2) is 23.6 Å². The highest BCUT2D eigenvalue weighted by Crippen LogP contribution is 2.27. The highest BCUT2D eigenvalue weighted by Gasteiger charge is 2.25. The van der Waals surface area contributed by atoms with Crippen molar-refractivity contribution in [3.05, 3.63) is 71.6 Å². The SMILES string of the molecule is Cc1cc(Nc2nc(C(OC(=O)C(C)N)c3ccc(F)cc3)nn3cccc23)n[nH]1. The number of benzene rings is 1. The Kier molecular flexibility index (Phi) is 5.15. The number of hydrogen-bond donors (Lipinski definition) is 3. The van der Waals surface area contributed by atoms with Crippen LogP contribution in [0.5, 0.6) is 0 Å². The number of anilines is 2.